The molecule has 7 nitrogen and oxygen atoms in total. The molecule has 0 N–H and O–H groups in total. The van der Waals surface area contributed by atoms with Crippen LogP contribution in [0.5, 0.6) is 5.75 Å². The van der Waals surface area contributed by atoms with Gasteiger partial charge in [-0.25, -0.2) is 0 Å². The van der Waals surface area contributed by atoms with Crippen LogP contribution >= 0.6 is 0 Å². The van der Waals surface area contributed by atoms with Gasteiger partial charge in [0.1, 0.15) is 5.75 Å². The second kappa shape index (κ2) is 8.10. The molecular formula is C20H25NO6. The topological polar surface area (TPSA) is 74.3 Å². The third-order valence-electron chi connectivity index (χ3n) is 4.89. The summed E-state index contributed by atoms with van der Waals surface area (Å²) in [6.45, 7) is 4.25. The molecule has 7 heteroatoms. The van der Waals surface area contributed by atoms with Crippen molar-refractivity contribution in [2.75, 3.05) is 20.3 Å². The number of hydrogen-bond acceptors (Lipinski definition) is 7. The zero-order valence-electron chi connectivity index (χ0n) is 15.8. The molecule has 1 aromatic carbocycles. The van der Waals surface area contributed by atoms with Crippen LogP contribution in [0, 0.1) is 5.41 Å². The predicted molar refractivity (Wildman–Crippen MR) is 96.7 cm³/mol. The second-order valence-electron chi connectivity index (χ2n) is 6.51. The highest BCUT2D eigenvalue weighted by molar-refractivity contribution is 6.01. The van der Waals surface area contributed by atoms with E-state index in [-0.39, 0.29) is 25.7 Å². The van der Waals surface area contributed by atoms with Crippen LogP contribution in [0.1, 0.15) is 25.8 Å². The smallest absolute Gasteiger partial charge is 0.325 e. The lowest BCUT2D eigenvalue weighted by molar-refractivity contribution is -0.276. The van der Waals surface area contributed by atoms with Crippen LogP contribution < -0.4 is 4.74 Å². The molecule has 0 aromatic heterocycles. The molecule has 2 heterocycles. The van der Waals surface area contributed by atoms with Crippen molar-refractivity contribution in [3.63, 3.8) is 0 Å². The number of nitrogens with zero attached hydrogens (tertiary/aromatic N) is 1. The fraction of sp³-hybridized carbons (Fsp3) is 0.500. The lowest BCUT2D eigenvalue weighted by Gasteiger charge is -2.49. The summed E-state index contributed by atoms with van der Waals surface area (Å²) >= 11 is 0. The van der Waals surface area contributed by atoms with E-state index in [2.05, 4.69) is 0 Å². The maximum absolute atomic E-state index is 12.9. The van der Waals surface area contributed by atoms with Gasteiger partial charge in [0, 0.05) is 13.0 Å². The first-order valence-electron chi connectivity index (χ1n) is 9.14. The molecule has 2 bridgehead atoms. The van der Waals surface area contributed by atoms with E-state index in [0.29, 0.717) is 6.54 Å². The lowest BCUT2D eigenvalue weighted by Crippen LogP contribution is -2.64. The van der Waals surface area contributed by atoms with Crippen LogP contribution in [-0.4, -0.2) is 49.5 Å². The number of benzene rings is 1. The van der Waals surface area contributed by atoms with Crippen LogP contribution in [0.15, 0.2) is 36.4 Å². The van der Waals surface area contributed by atoms with Crippen molar-refractivity contribution in [1.29, 1.82) is 0 Å². The number of hydroxylamine groups is 2. The standard InChI is InChI=1S/C20H25NO6/c1-4-25-18(22)20(19(23)26-5-2)12-16-10-11-17(20)21(27-16)13-14-6-8-15(24-3)9-7-14/h6-11,16-17H,4-5,12-13H2,1-3H3/t16-,17+/m0/s1. The van der Waals surface area contributed by atoms with Gasteiger partial charge in [-0.1, -0.05) is 24.3 Å². The number of fused-ring (bicyclic) bond motifs is 2. The van der Waals surface area contributed by atoms with E-state index in [1.165, 1.54) is 0 Å². The first-order valence-corrected chi connectivity index (χ1v) is 9.14. The molecular weight excluding hydrogens is 350 g/mol. The van der Waals surface area contributed by atoms with E-state index >= 15 is 0 Å². The molecule has 2 aliphatic heterocycles. The summed E-state index contributed by atoms with van der Waals surface area (Å²) < 4.78 is 15.7. The Kier molecular flexibility index (Phi) is 5.82. The van der Waals surface area contributed by atoms with Gasteiger partial charge in [-0.05, 0) is 31.5 Å². The van der Waals surface area contributed by atoms with E-state index in [1.54, 1.807) is 26.0 Å². The molecule has 1 aliphatic carbocycles. The van der Waals surface area contributed by atoms with Crippen molar-refractivity contribution in [2.24, 2.45) is 5.41 Å². The number of hydrogen-bond donors (Lipinski definition) is 0. The van der Waals surface area contributed by atoms with Gasteiger partial charge < -0.3 is 14.2 Å². The van der Waals surface area contributed by atoms with Crippen LogP contribution in [0.3, 0.4) is 0 Å². The Labute approximate surface area is 158 Å². The third kappa shape index (κ3) is 3.57. The number of carbonyl (C=O) groups is 2. The summed E-state index contributed by atoms with van der Waals surface area (Å²) in [6.07, 6.45) is 3.55. The summed E-state index contributed by atoms with van der Waals surface area (Å²) in [4.78, 5) is 31.7. The Balaban J connectivity index is 1.90. The SMILES string of the molecule is CCOC(=O)C1(C(=O)OCC)C[C@@H]2C=C[C@H]1N(Cc1ccc(OC)cc1)O2. The van der Waals surface area contributed by atoms with Crippen molar-refractivity contribution in [1.82, 2.24) is 5.06 Å². The monoisotopic (exact) mass is 375 g/mol. The number of methoxy groups -OCH3 is 1. The van der Waals surface area contributed by atoms with E-state index in [1.807, 2.05) is 36.4 Å². The van der Waals surface area contributed by atoms with Gasteiger partial charge in [-0.2, -0.15) is 5.06 Å². The Hall–Kier alpha value is -2.38. The average Bonchev–Trinajstić information content (AvgIpc) is 2.69. The van der Waals surface area contributed by atoms with E-state index in [9.17, 15) is 9.59 Å². The summed E-state index contributed by atoms with van der Waals surface area (Å²) in [6, 6.07) is 6.96. The van der Waals surface area contributed by atoms with E-state index in [0.717, 1.165) is 11.3 Å². The molecule has 0 radical (unpaired) electrons. The molecule has 0 amide bonds. The molecule has 2 atom stereocenters. The molecule has 27 heavy (non-hydrogen) atoms. The van der Waals surface area contributed by atoms with Gasteiger partial charge in [-0.15, -0.1) is 0 Å². The van der Waals surface area contributed by atoms with Gasteiger partial charge in [-0.3, -0.25) is 14.4 Å². The number of carbonyl (C=O) groups excluding carboxylic acids is 2. The molecule has 0 spiro atoms. The molecule has 1 fully saturated rings. The Morgan fingerprint density at radius 3 is 2.26 bits per heavy atom. The summed E-state index contributed by atoms with van der Waals surface area (Å²) in [5, 5.41) is 1.67. The third-order valence-corrected chi connectivity index (χ3v) is 4.89. The maximum Gasteiger partial charge on any atom is 0.325 e. The fourth-order valence-corrected chi connectivity index (χ4v) is 3.61. The maximum atomic E-state index is 12.9. The molecule has 1 saturated heterocycles. The number of esters is 2. The van der Waals surface area contributed by atoms with Gasteiger partial charge in [0.2, 0.25) is 0 Å². The van der Waals surface area contributed by atoms with Crippen LogP contribution in [0.4, 0.5) is 0 Å². The minimum absolute atomic E-state index is 0.195. The largest absolute Gasteiger partial charge is 0.497 e. The summed E-state index contributed by atoms with van der Waals surface area (Å²) in [7, 11) is 1.61. The van der Waals surface area contributed by atoms with Crippen LogP contribution in [-0.2, 0) is 30.4 Å². The Morgan fingerprint density at radius 1 is 1.11 bits per heavy atom. The quantitative estimate of drug-likeness (QED) is 0.411. The van der Waals surface area contributed by atoms with Crippen LogP contribution in [0.2, 0.25) is 0 Å². The van der Waals surface area contributed by atoms with Crippen molar-refractivity contribution in [2.45, 2.75) is 39.0 Å². The van der Waals surface area contributed by atoms with Crippen molar-refractivity contribution < 1.29 is 28.6 Å². The summed E-state index contributed by atoms with van der Waals surface area (Å²) in [5.41, 5.74) is -0.450. The lowest BCUT2D eigenvalue weighted by atomic mass is 9.70. The van der Waals surface area contributed by atoms with Crippen molar-refractivity contribution in [3.8, 4) is 5.75 Å². The van der Waals surface area contributed by atoms with Gasteiger partial charge in [0.05, 0.1) is 32.5 Å². The van der Waals surface area contributed by atoms with Gasteiger partial charge >= 0.3 is 11.9 Å². The minimum Gasteiger partial charge on any atom is -0.497 e. The van der Waals surface area contributed by atoms with Crippen molar-refractivity contribution in [3.05, 3.63) is 42.0 Å². The molecule has 3 aliphatic rings. The Bertz CT molecular complexity index is 696. The molecule has 1 aromatic rings. The van der Waals surface area contributed by atoms with Crippen molar-refractivity contribution >= 4 is 11.9 Å². The average molecular weight is 375 g/mol. The number of rotatable bonds is 7. The summed E-state index contributed by atoms with van der Waals surface area (Å²) in [5.74, 6) is -0.371. The molecule has 4 rings (SSSR count). The highest BCUT2D eigenvalue weighted by Gasteiger charge is 2.62. The Morgan fingerprint density at radius 2 is 1.74 bits per heavy atom. The van der Waals surface area contributed by atoms with E-state index < -0.39 is 23.4 Å². The normalized spacial score (nSPS) is 23.1. The first kappa shape index (κ1) is 19.4. The fourth-order valence-electron chi connectivity index (χ4n) is 3.61. The second-order valence-corrected chi connectivity index (χ2v) is 6.51. The first-order chi connectivity index (χ1) is 13.0. The predicted octanol–water partition coefficient (Wildman–Crippen LogP) is 2.25. The zero-order chi connectivity index (χ0) is 19.4. The highest BCUT2D eigenvalue weighted by atomic mass is 16.7. The van der Waals surface area contributed by atoms with Gasteiger partial charge in [0.15, 0.2) is 5.41 Å². The van der Waals surface area contributed by atoms with Gasteiger partial charge in [0.25, 0.3) is 0 Å². The van der Waals surface area contributed by atoms with E-state index in [4.69, 9.17) is 19.0 Å². The molecule has 0 saturated carbocycles. The minimum atomic E-state index is -1.42. The zero-order valence-corrected chi connectivity index (χ0v) is 15.8. The molecule has 0 unspecified atom stereocenters. The highest BCUT2D eigenvalue weighted by Crippen LogP contribution is 2.45. The number of ether oxygens (including phenoxy) is 3. The van der Waals surface area contributed by atoms with Crippen LogP contribution in [0.25, 0.3) is 0 Å². The molecule has 146 valence electrons.